The van der Waals surface area contributed by atoms with E-state index < -0.39 is 0 Å². The molecule has 63 valence electrons. The van der Waals surface area contributed by atoms with Gasteiger partial charge in [-0.15, -0.1) is 0 Å². The van der Waals surface area contributed by atoms with Gasteiger partial charge in [0.05, 0.1) is 0 Å². The molecule has 10 heavy (non-hydrogen) atoms. The van der Waals surface area contributed by atoms with E-state index in [1.165, 1.54) is 43.8 Å². The Morgan fingerprint density at radius 2 is 1.40 bits per heavy atom. The molecular weight excluding hydrogens is 206 g/mol. The fraction of sp³-hybridized carbons (Fsp3) is 1.00. The van der Waals surface area contributed by atoms with E-state index in [1.807, 2.05) is 0 Å². The molecule has 0 N–H and O–H groups in total. The average Bonchev–Trinajstić information content (AvgIpc) is 1.89. The van der Waals surface area contributed by atoms with Crippen molar-refractivity contribution < 1.29 is 0 Å². The van der Waals surface area contributed by atoms with Crippen LogP contribution >= 0.6 is 9.90 Å². The molecule has 0 nitrogen and oxygen atoms in total. The third kappa shape index (κ3) is 11.7. The van der Waals surface area contributed by atoms with Crippen LogP contribution in [0.2, 0.25) is 5.32 Å². The summed E-state index contributed by atoms with van der Waals surface area (Å²) in [6.07, 6.45) is 8.47. The largest absolute Gasteiger partial charge is 0.153 e. The van der Waals surface area contributed by atoms with E-state index in [0.717, 1.165) is 0 Å². The first-order chi connectivity index (χ1) is 4.41. The van der Waals surface area contributed by atoms with Gasteiger partial charge in [0.15, 0.2) is 0 Å². The summed E-state index contributed by atoms with van der Waals surface area (Å²) < 4.78 is 0. The van der Waals surface area contributed by atoms with Crippen molar-refractivity contribution in [3.63, 3.8) is 0 Å². The Morgan fingerprint density at radius 1 is 0.900 bits per heavy atom. The topological polar surface area (TPSA) is 0 Å². The molecule has 0 fully saturated rings. The Kier molecular flexibility index (Phi) is 17.1. The molecule has 0 aromatic heterocycles. The van der Waals surface area contributed by atoms with Gasteiger partial charge in [0.2, 0.25) is 0 Å². The molecule has 0 amide bonds. The molecule has 0 rings (SSSR count). The molecule has 0 saturated heterocycles. The molecule has 1 atom stereocenters. The molecule has 0 heterocycles. The van der Waals surface area contributed by atoms with Gasteiger partial charge in [0.1, 0.15) is 0 Å². The number of rotatable bonds is 6. The number of hydrogen-bond donors (Lipinski definition) is 0. The van der Waals surface area contributed by atoms with Gasteiger partial charge in [0, 0.05) is 0 Å². The van der Waals surface area contributed by atoms with E-state index >= 15 is 0 Å². The van der Waals surface area contributed by atoms with Crippen molar-refractivity contribution in [3.8, 4) is 0 Å². The minimum Gasteiger partial charge on any atom is -0.153 e. The second-order valence-corrected chi connectivity index (χ2v) is 3.33. The Labute approximate surface area is 77.0 Å². The van der Waals surface area contributed by atoms with Crippen LogP contribution in [0, 0.1) is 0 Å². The fourth-order valence-electron chi connectivity index (χ4n) is 0.882. The minimum atomic E-state index is 0. The normalized spacial score (nSPS) is 9.00. The summed E-state index contributed by atoms with van der Waals surface area (Å²) in [6.45, 7) is 2.26. The van der Waals surface area contributed by atoms with E-state index in [9.17, 15) is 0 Å². The third-order valence-electron chi connectivity index (χ3n) is 1.50. The van der Waals surface area contributed by atoms with Crippen LogP contribution < -0.4 is 0 Å². The van der Waals surface area contributed by atoms with Gasteiger partial charge in [-0.05, 0) is 0 Å². The summed E-state index contributed by atoms with van der Waals surface area (Å²) in [5.74, 6) is 0. The van der Waals surface area contributed by atoms with Crippen LogP contribution in [0.4, 0.5) is 0 Å². The zero-order valence-electron chi connectivity index (χ0n) is 7.07. The summed E-state index contributed by atoms with van der Waals surface area (Å²) in [4.78, 5) is 0. The van der Waals surface area contributed by atoms with Gasteiger partial charge in [-0.2, -0.15) is 9.90 Å². The van der Waals surface area contributed by atoms with Crippen molar-refractivity contribution in [3.05, 3.63) is 0 Å². The molecule has 0 bridgehead atoms. The molecule has 0 spiro atoms. The fourth-order valence-corrected chi connectivity index (χ4v) is 1.31. The van der Waals surface area contributed by atoms with Gasteiger partial charge >= 0.3 is 66.8 Å². The summed E-state index contributed by atoms with van der Waals surface area (Å²) in [5.41, 5.74) is 0. The van der Waals surface area contributed by atoms with Crippen molar-refractivity contribution in [2.75, 3.05) is 0 Å². The van der Waals surface area contributed by atoms with E-state index in [2.05, 4.69) is 22.9 Å². The van der Waals surface area contributed by atoms with Crippen LogP contribution in [0.3, 0.4) is 0 Å². The first-order valence-corrected chi connectivity index (χ1v) is 5.21. The van der Waals surface area contributed by atoms with E-state index in [4.69, 9.17) is 0 Å². The predicted octanol–water partition coefficient (Wildman–Crippen LogP) is 2.99. The van der Waals surface area contributed by atoms with Crippen molar-refractivity contribution in [1.29, 1.82) is 0 Å². The molecular formula is C8H20PSe. The molecule has 0 aromatic carbocycles. The molecule has 1 radical (unpaired) electrons. The van der Waals surface area contributed by atoms with Crippen molar-refractivity contribution in [2.45, 2.75) is 50.8 Å². The van der Waals surface area contributed by atoms with Gasteiger partial charge in [-0.1, -0.05) is 0 Å². The summed E-state index contributed by atoms with van der Waals surface area (Å²) in [6, 6.07) is 0. The van der Waals surface area contributed by atoms with E-state index in [0.29, 0.717) is 0 Å². The molecule has 0 aliphatic carbocycles. The Hall–Kier alpha value is 0.949. The maximum atomic E-state index is 3.03. The smallest absolute Gasteiger partial charge is 0.153 e. The SMILES string of the molecule is CCCCCCCC[Se].P. The Morgan fingerprint density at radius 3 is 1.90 bits per heavy atom. The quantitative estimate of drug-likeness (QED) is 0.371. The van der Waals surface area contributed by atoms with Gasteiger partial charge in [-0.25, -0.2) is 0 Å². The van der Waals surface area contributed by atoms with Crippen molar-refractivity contribution in [2.24, 2.45) is 0 Å². The first-order valence-electron chi connectivity index (χ1n) is 4.00. The molecule has 0 aromatic rings. The van der Waals surface area contributed by atoms with Gasteiger partial charge in [-0.3, -0.25) is 0 Å². The van der Waals surface area contributed by atoms with Gasteiger partial charge < -0.3 is 0 Å². The van der Waals surface area contributed by atoms with Crippen LogP contribution in [-0.2, 0) is 0 Å². The summed E-state index contributed by atoms with van der Waals surface area (Å²) in [5, 5.41) is 1.24. The van der Waals surface area contributed by atoms with E-state index in [-0.39, 0.29) is 9.90 Å². The average molecular weight is 226 g/mol. The van der Waals surface area contributed by atoms with Crippen molar-refractivity contribution >= 4 is 25.9 Å². The van der Waals surface area contributed by atoms with Crippen LogP contribution in [-0.4, -0.2) is 16.0 Å². The minimum absolute atomic E-state index is 0. The Bertz CT molecular complexity index is 42.5. The summed E-state index contributed by atoms with van der Waals surface area (Å²) in [7, 11) is 0. The molecule has 0 aliphatic heterocycles. The molecule has 2 heteroatoms. The van der Waals surface area contributed by atoms with Crippen LogP contribution in [0.25, 0.3) is 0 Å². The maximum Gasteiger partial charge on any atom is -0.153 e. The first kappa shape index (κ1) is 13.5. The van der Waals surface area contributed by atoms with Crippen LogP contribution in [0.15, 0.2) is 0 Å². The van der Waals surface area contributed by atoms with Crippen molar-refractivity contribution in [1.82, 2.24) is 0 Å². The maximum absolute atomic E-state index is 3.03. The molecule has 1 unspecified atom stereocenters. The standard InChI is InChI=1S/C8H17Se.H3P/c1-2-3-4-5-6-7-8-9;/h2-8H2,1H3;1H3. The monoisotopic (exact) mass is 227 g/mol. The number of hydrogen-bond acceptors (Lipinski definition) is 0. The number of unbranched alkanes of at least 4 members (excludes halogenated alkanes) is 5. The molecule has 0 aliphatic rings. The third-order valence-corrected chi connectivity index (χ3v) is 2.10. The second-order valence-electron chi connectivity index (χ2n) is 2.47. The second kappa shape index (κ2) is 12.6. The zero-order valence-corrected chi connectivity index (χ0v) is 10.2. The zero-order chi connectivity index (χ0) is 6.95. The van der Waals surface area contributed by atoms with E-state index in [1.54, 1.807) is 0 Å². The summed E-state index contributed by atoms with van der Waals surface area (Å²) >= 11 is 3.03. The van der Waals surface area contributed by atoms with Gasteiger partial charge in [0.25, 0.3) is 0 Å². The van der Waals surface area contributed by atoms with Crippen LogP contribution in [0.1, 0.15) is 45.4 Å². The molecule has 0 saturated carbocycles. The Balaban J connectivity index is 0. The predicted molar refractivity (Wildman–Crippen MR) is 55.0 cm³/mol. The van der Waals surface area contributed by atoms with Crippen LogP contribution in [0.5, 0.6) is 0 Å².